The standard InChI is InChI=1S/C21H27N3O/c25-21(19-8-2-1-3-9-19)10-14-23(16-18-7-6-11-22-15-18)17-20(21)24-12-4-5-13-24/h1-3,6-9,11,15,20,25H,4-5,10,12-14,16-17H2/t20-,21+/m1/s1. The van der Waals surface area contributed by atoms with Crippen LogP contribution in [0.1, 0.15) is 30.4 Å². The lowest BCUT2D eigenvalue weighted by atomic mass is 9.79. The van der Waals surface area contributed by atoms with Crippen molar-refractivity contribution in [2.75, 3.05) is 26.2 Å². The molecule has 4 nitrogen and oxygen atoms in total. The van der Waals surface area contributed by atoms with E-state index in [-0.39, 0.29) is 6.04 Å². The van der Waals surface area contributed by atoms with Gasteiger partial charge >= 0.3 is 0 Å². The van der Waals surface area contributed by atoms with Crippen LogP contribution >= 0.6 is 0 Å². The van der Waals surface area contributed by atoms with Crippen LogP contribution in [0.5, 0.6) is 0 Å². The molecule has 2 aliphatic rings. The minimum absolute atomic E-state index is 0.155. The molecule has 2 fully saturated rings. The zero-order valence-corrected chi connectivity index (χ0v) is 14.7. The van der Waals surface area contributed by atoms with Crippen LogP contribution in [-0.4, -0.2) is 52.1 Å². The van der Waals surface area contributed by atoms with Gasteiger partial charge < -0.3 is 5.11 Å². The van der Waals surface area contributed by atoms with Gasteiger partial charge in [0.05, 0.1) is 6.04 Å². The fourth-order valence-corrected chi connectivity index (χ4v) is 4.41. The number of hydrogen-bond donors (Lipinski definition) is 1. The van der Waals surface area contributed by atoms with Crippen molar-refractivity contribution in [2.45, 2.75) is 37.5 Å². The van der Waals surface area contributed by atoms with Gasteiger partial charge in [-0.2, -0.15) is 0 Å². The minimum atomic E-state index is -0.753. The molecule has 2 aromatic rings. The van der Waals surface area contributed by atoms with Gasteiger partial charge in [-0.1, -0.05) is 36.4 Å². The third-order valence-electron chi connectivity index (χ3n) is 5.78. The maximum atomic E-state index is 11.7. The van der Waals surface area contributed by atoms with Crippen LogP contribution in [0, 0.1) is 0 Å². The molecule has 0 amide bonds. The van der Waals surface area contributed by atoms with Crippen LogP contribution in [0.4, 0.5) is 0 Å². The largest absolute Gasteiger partial charge is 0.383 e. The Kier molecular flexibility index (Phi) is 4.84. The fraction of sp³-hybridized carbons (Fsp3) is 0.476. The summed E-state index contributed by atoms with van der Waals surface area (Å²) in [6, 6.07) is 14.6. The molecule has 0 unspecified atom stereocenters. The van der Waals surface area contributed by atoms with Gasteiger partial charge in [0.1, 0.15) is 5.60 Å². The number of likely N-dealkylation sites (tertiary alicyclic amines) is 2. The topological polar surface area (TPSA) is 39.6 Å². The van der Waals surface area contributed by atoms with Crippen molar-refractivity contribution in [3.8, 4) is 0 Å². The molecule has 0 radical (unpaired) electrons. The van der Waals surface area contributed by atoms with Gasteiger partial charge in [-0.15, -0.1) is 0 Å². The van der Waals surface area contributed by atoms with E-state index in [1.807, 2.05) is 36.7 Å². The third-order valence-corrected chi connectivity index (χ3v) is 5.78. The molecule has 0 aliphatic carbocycles. The molecule has 2 aliphatic heterocycles. The van der Waals surface area contributed by atoms with Crippen molar-refractivity contribution in [1.82, 2.24) is 14.8 Å². The predicted octanol–water partition coefficient (Wildman–Crippen LogP) is 2.64. The Hall–Kier alpha value is -1.75. The lowest BCUT2D eigenvalue weighted by Gasteiger charge is -2.48. The van der Waals surface area contributed by atoms with Crippen molar-refractivity contribution >= 4 is 0 Å². The number of rotatable bonds is 4. The maximum Gasteiger partial charge on any atom is 0.108 e. The average Bonchev–Trinajstić information content (AvgIpc) is 3.19. The van der Waals surface area contributed by atoms with E-state index < -0.39 is 5.60 Å². The van der Waals surface area contributed by atoms with E-state index in [0.29, 0.717) is 0 Å². The number of hydrogen-bond acceptors (Lipinski definition) is 4. The Bertz CT molecular complexity index is 672. The number of pyridine rings is 1. The van der Waals surface area contributed by atoms with Gasteiger partial charge in [0.15, 0.2) is 0 Å². The maximum absolute atomic E-state index is 11.7. The van der Waals surface area contributed by atoms with Gasteiger partial charge in [-0.05, 0) is 49.5 Å². The number of aromatic nitrogens is 1. The normalized spacial score (nSPS) is 28.3. The summed E-state index contributed by atoms with van der Waals surface area (Å²) in [5.41, 5.74) is 1.55. The molecule has 0 spiro atoms. The van der Waals surface area contributed by atoms with E-state index in [2.05, 4.69) is 33.0 Å². The summed E-state index contributed by atoms with van der Waals surface area (Å²) in [5.74, 6) is 0. The quantitative estimate of drug-likeness (QED) is 0.931. The van der Waals surface area contributed by atoms with E-state index in [4.69, 9.17) is 0 Å². The highest BCUT2D eigenvalue weighted by atomic mass is 16.3. The first-order valence-electron chi connectivity index (χ1n) is 9.39. The molecule has 3 heterocycles. The third kappa shape index (κ3) is 3.47. The fourth-order valence-electron chi connectivity index (χ4n) is 4.41. The first-order valence-corrected chi connectivity index (χ1v) is 9.39. The predicted molar refractivity (Wildman–Crippen MR) is 99.1 cm³/mol. The van der Waals surface area contributed by atoms with E-state index in [9.17, 15) is 5.11 Å². The average molecular weight is 337 g/mol. The summed E-state index contributed by atoms with van der Waals surface area (Å²) < 4.78 is 0. The zero-order chi connectivity index (χ0) is 17.1. The summed E-state index contributed by atoms with van der Waals surface area (Å²) in [7, 11) is 0. The smallest absolute Gasteiger partial charge is 0.108 e. The van der Waals surface area contributed by atoms with Crippen molar-refractivity contribution in [1.29, 1.82) is 0 Å². The Morgan fingerprint density at radius 3 is 2.56 bits per heavy atom. The van der Waals surface area contributed by atoms with Crippen molar-refractivity contribution in [2.24, 2.45) is 0 Å². The highest BCUT2D eigenvalue weighted by Crippen LogP contribution is 2.37. The first kappa shape index (κ1) is 16.7. The van der Waals surface area contributed by atoms with E-state index in [1.54, 1.807) is 0 Å². The molecule has 1 N–H and O–H groups in total. The molecule has 1 aromatic carbocycles. The molecule has 1 aromatic heterocycles. The van der Waals surface area contributed by atoms with Gasteiger partial charge in [0, 0.05) is 32.0 Å². The van der Waals surface area contributed by atoms with Crippen molar-refractivity contribution < 1.29 is 5.11 Å². The Labute approximate surface area is 150 Å². The van der Waals surface area contributed by atoms with E-state index >= 15 is 0 Å². The van der Waals surface area contributed by atoms with Gasteiger partial charge in [0.2, 0.25) is 0 Å². The summed E-state index contributed by atoms with van der Waals surface area (Å²) in [6.45, 7) is 4.91. The summed E-state index contributed by atoms with van der Waals surface area (Å²) in [6.07, 6.45) is 7.02. The van der Waals surface area contributed by atoms with Gasteiger partial charge in [-0.25, -0.2) is 0 Å². The van der Waals surface area contributed by atoms with Crippen LogP contribution in [0.25, 0.3) is 0 Å². The lowest BCUT2D eigenvalue weighted by Crippen LogP contribution is -2.60. The Morgan fingerprint density at radius 1 is 1.04 bits per heavy atom. The second-order valence-electron chi connectivity index (χ2n) is 7.40. The van der Waals surface area contributed by atoms with E-state index in [0.717, 1.165) is 44.7 Å². The summed E-state index contributed by atoms with van der Waals surface area (Å²) >= 11 is 0. The second-order valence-corrected chi connectivity index (χ2v) is 7.40. The molecule has 0 bridgehead atoms. The monoisotopic (exact) mass is 337 g/mol. The number of nitrogens with zero attached hydrogens (tertiary/aromatic N) is 3. The minimum Gasteiger partial charge on any atom is -0.383 e. The van der Waals surface area contributed by atoms with Crippen LogP contribution < -0.4 is 0 Å². The SMILES string of the molecule is O[C@]1(c2ccccc2)CCN(Cc2cccnc2)C[C@H]1N1CCCC1. The molecule has 0 saturated carbocycles. The first-order chi connectivity index (χ1) is 12.3. The molecular formula is C21H27N3O. The molecule has 4 rings (SSSR count). The van der Waals surface area contributed by atoms with Gasteiger partial charge in [0.25, 0.3) is 0 Å². The number of benzene rings is 1. The van der Waals surface area contributed by atoms with E-state index in [1.165, 1.54) is 18.4 Å². The molecule has 132 valence electrons. The number of piperidine rings is 1. The van der Waals surface area contributed by atoms with Crippen molar-refractivity contribution in [3.63, 3.8) is 0 Å². The Balaban J connectivity index is 1.57. The zero-order valence-electron chi connectivity index (χ0n) is 14.7. The van der Waals surface area contributed by atoms with Crippen LogP contribution in [0.2, 0.25) is 0 Å². The van der Waals surface area contributed by atoms with Crippen molar-refractivity contribution in [3.05, 3.63) is 66.0 Å². The highest BCUT2D eigenvalue weighted by Gasteiger charge is 2.46. The molecular weight excluding hydrogens is 310 g/mol. The van der Waals surface area contributed by atoms with Gasteiger partial charge in [-0.3, -0.25) is 14.8 Å². The molecule has 2 atom stereocenters. The molecule has 4 heteroatoms. The van der Waals surface area contributed by atoms with Crippen LogP contribution in [-0.2, 0) is 12.1 Å². The number of aliphatic hydroxyl groups is 1. The summed E-state index contributed by atoms with van der Waals surface area (Å²) in [4.78, 5) is 9.21. The highest BCUT2D eigenvalue weighted by molar-refractivity contribution is 5.26. The second kappa shape index (κ2) is 7.24. The Morgan fingerprint density at radius 2 is 1.84 bits per heavy atom. The molecule has 2 saturated heterocycles. The van der Waals surface area contributed by atoms with Crippen LogP contribution in [0.3, 0.4) is 0 Å². The lowest BCUT2D eigenvalue weighted by molar-refractivity contribution is -0.0959. The van der Waals surface area contributed by atoms with Crippen LogP contribution in [0.15, 0.2) is 54.9 Å². The molecule has 25 heavy (non-hydrogen) atoms. The summed E-state index contributed by atoms with van der Waals surface area (Å²) in [5, 5.41) is 11.7.